The van der Waals surface area contributed by atoms with Crippen molar-refractivity contribution in [2.24, 2.45) is 5.92 Å². The van der Waals surface area contributed by atoms with Crippen LogP contribution >= 0.6 is 12.4 Å². The van der Waals surface area contributed by atoms with Gasteiger partial charge in [-0.15, -0.1) is 12.4 Å². The first-order chi connectivity index (χ1) is 5.29. The summed E-state index contributed by atoms with van der Waals surface area (Å²) in [6, 6.07) is 0.839. The highest BCUT2D eigenvalue weighted by molar-refractivity contribution is 5.85. The first-order valence-corrected chi connectivity index (χ1v) is 5.02. The fraction of sp³-hybridized carbons (Fsp3) is 1.00. The molecular weight excluding hydrogens is 170 g/mol. The molecule has 1 rings (SSSR count). The summed E-state index contributed by atoms with van der Waals surface area (Å²) in [4.78, 5) is 0. The van der Waals surface area contributed by atoms with Crippen molar-refractivity contribution < 1.29 is 0 Å². The molecule has 12 heavy (non-hydrogen) atoms. The Kier molecular flexibility index (Phi) is 6.87. The molecule has 0 aromatic rings. The number of nitrogens with one attached hydrogen (secondary N) is 1. The van der Waals surface area contributed by atoms with E-state index in [0.717, 1.165) is 12.0 Å². The Balaban J connectivity index is 0.00000121. The first kappa shape index (κ1) is 12.2. The van der Waals surface area contributed by atoms with Crippen LogP contribution in [-0.4, -0.2) is 12.6 Å². The number of rotatable bonds is 3. The van der Waals surface area contributed by atoms with E-state index in [4.69, 9.17) is 0 Å². The molecule has 1 aliphatic heterocycles. The monoisotopic (exact) mass is 191 g/mol. The van der Waals surface area contributed by atoms with Gasteiger partial charge < -0.3 is 5.32 Å². The molecule has 1 fully saturated rings. The van der Waals surface area contributed by atoms with Crippen LogP contribution in [0.3, 0.4) is 0 Å². The Bertz CT molecular complexity index is 98.0. The average Bonchev–Trinajstić information content (AvgIpc) is 2.03. The van der Waals surface area contributed by atoms with Gasteiger partial charge in [0.05, 0.1) is 0 Å². The van der Waals surface area contributed by atoms with Crippen molar-refractivity contribution in [3.63, 3.8) is 0 Å². The molecule has 0 aromatic heterocycles. The second-order valence-electron chi connectivity index (χ2n) is 4.12. The molecule has 1 N–H and O–H groups in total. The van der Waals surface area contributed by atoms with E-state index in [9.17, 15) is 0 Å². The predicted octanol–water partition coefficient (Wildman–Crippen LogP) is 2.99. The summed E-state index contributed by atoms with van der Waals surface area (Å²) in [6.45, 7) is 5.87. The maximum Gasteiger partial charge on any atom is 0.00671 e. The van der Waals surface area contributed by atoms with Crippen molar-refractivity contribution in [1.82, 2.24) is 5.32 Å². The van der Waals surface area contributed by atoms with E-state index in [1.165, 1.54) is 38.6 Å². The zero-order valence-corrected chi connectivity index (χ0v) is 9.12. The van der Waals surface area contributed by atoms with Gasteiger partial charge in [-0.2, -0.15) is 0 Å². The maximum atomic E-state index is 3.57. The van der Waals surface area contributed by atoms with Crippen LogP contribution < -0.4 is 5.32 Å². The lowest BCUT2D eigenvalue weighted by molar-refractivity contribution is 0.358. The molecule has 1 atom stereocenters. The molecule has 1 nitrogen and oxygen atoms in total. The standard InChI is InChI=1S/C10H21N.ClH/c1-9(2)6-7-10-5-3-4-8-11-10;/h9-11H,3-8H2,1-2H3;1H. The lowest BCUT2D eigenvalue weighted by Gasteiger charge is -2.23. The Morgan fingerprint density at radius 1 is 1.33 bits per heavy atom. The van der Waals surface area contributed by atoms with Gasteiger partial charge in [-0.25, -0.2) is 0 Å². The van der Waals surface area contributed by atoms with Gasteiger partial charge in [0.1, 0.15) is 0 Å². The summed E-state index contributed by atoms with van der Waals surface area (Å²) in [6.07, 6.45) is 7.01. The van der Waals surface area contributed by atoms with Crippen LogP contribution in [0.2, 0.25) is 0 Å². The normalized spacial score (nSPS) is 23.8. The maximum absolute atomic E-state index is 3.57. The third-order valence-electron chi connectivity index (χ3n) is 2.50. The SMILES string of the molecule is CC(C)CCC1CCCCN1.Cl. The van der Waals surface area contributed by atoms with E-state index in [1.807, 2.05) is 0 Å². The molecule has 1 heterocycles. The van der Waals surface area contributed by atoms with Crippen LogP contribution in [0.1, 0.15) is 46.0 Å². The third-order valence-corrected chi connectivity index (χ3v) is 2.50. The Morgan fingerprint density at radius 3 is 2.58 bits per heavy atom. The van der Waals surface area contributed by atoms with Gasteiger partial charge in [-0.3, -0.25) is 0 Å². The van der Waals surface area contributed by atoms with Crippen LogP contribution in [0.5, 0.6) is 0 Å². The van der Waals surface area contributed by atoms with E-state index in [1.54, 1.807) is 0 Å². The summed E-state index contributed by atoms with van der Waals surface area (Å²) in [5, 5.41) is 3.57. The summed E-state index contributed by atoms with van der Waals surface area (Å²) in [5.74, 6) is 0.874. The van der Waals surface area contributed by atoms with Gasteiger partial charge in [0.2, 0.25) is 0 Å². The highest BCUT2D eigenvalue weighted by atomic mass is 35.5. The smallest absolute Gasteiger partial charge is 0.00671 e. The summed E-state index contributed by atoms with van der Waals surface area (Å²) >= 11 is 0. The molecular formula is C10H22ClN. The van der Waals surface area contributed by atoms with Crippen LogP contribution in [0.15, 0.2) is 0 Å². The molecule has 0 spiro atoms. The fourth-order valence-electron chi connectivity index (χ4n) is 1.70. The van der Waals surface area contributed by atoms with Crippen molar-refractivity contribution in [3.05, 3.63) is 0 Å². The van der Waals surface area contributed by atoms with Crippen molar-refractivity contribution in [2.45, 2.75) is 52.0 Å². The van der Waals surface area contributed by atoms with E-state index in [2.05, 4.69) is 19.2 Å². The first-order valence-electron chi connectivity index (χ1n) is 5.02. The van der Waals surface area contributed by atoms with Crippen LogP contribution in [0.4, 0.5) is 0 Å². The van der Waals surface area contributed by atoms with E-state index in [0.29, 0.717) is 0 Å². The number of hydrogen-bond donors (Lipinski definition) is 1. The van der Waals surface area contributed by atoms with Crippen molar-refractivity contribution in [3.8, 4) is 0 Å². The zero-order chi connectivity index (χ0) is 8.10. The number of hydrogen-bond acceptors (Lipinski definition) is 1. The van der Waals surface area contributed by atoms with Crippen molar-refractivity contribution in [1.29, 1.82) is 0 Å². The molecule has 1 aliphatic rings. The molecule has 2 heteroatoms. The predicted molar refractivity (Wildman–Crippen MR) is 57.0 cm³/mol. The molecule has 0 radical (unpaired) electrons. The van der Waals surface area contributed by atoms with Gasteiger partial charge >= 0.3 is 0 Å². The molecule has 0 saturated carbocycles. The second kappa shape index (κ2) is 6.73. The van der Waals surface area contributed by atoms with Gasteiger partial charge in [-0.1, -0.05) is 20.3 Å². The second-order valence-corrected chi connectivity index (χ2v) is 4.12. The molecule has 1 unspecified atom stereocenters. The van der Waals surface area contributed by atoms with Crippen molar-refractivity contribution >= 4 is 12.4 Å². The molecule has 0 aromatic carbocycles. The third kappa shape index (κ3) is 5.00. The van der Waals surface area contributed by atoms with Crippen molar-refractivity contribution in [2.75, 3.05) is 6.54 Å². The lowest BCUT2D eigenvalue weighted by Crippen LogP contribution is -2.33. The lowest BCUT2D eigenvalue weighted by atomic mass is 9.97. The van der Waals surface area contributed by atoms with Gasteiger partial charge in [0.25, 0.3) is 0 Å². The largest absolute Gasteiger partial charge is 0.314 e. The van der Waals surface area contributed by atoms with Gasteiger partial charge in [-0.05, 0) is 38.1 Å². The molecule has 0 amide bonds. The van der Waals surface area contributed by atoms with Crippen LogP contribution in [-0.2, 0) is 0 Å². The minimum Gasteiger partial charge on any atom is -0.314 e. The Morgan fingerprint density at radius 2 is 2.08 bits per heavy atom. The average molecular weight is 192 g/mol. The molecule has 0 aliphatic carbocycles. The van der Waals surface area contributed by atoms with Gasteiger partial charge in [0, 0.05) is 6.04 Å². The number of halogens is 1. The molecule has 0 bridgehead atoms. The highest BCUT2D eigenvalue weighted by Gasteiger charge is 2.11. The summed E-state index contributed by atoms with van der Waals surface area (Å²) < 4.78 is 0. The number of piperidine rings is 1. The highest BCUT2D eigenvalue weighted by Crippen LogP contribution is 2.14. The van der Waals surface area contributed by atoms with Crippen LogP contribution in [0.25, 0.3) is 0 Å². The molecule has 1 saturated heterocycles. The minimum atomic E-state index is 0. The zero-order valence-electron chi connectivity index (χ0n) is 8.31. The van der Waals surface area contributed by atoms with E-state index >= 15 is 0 Å². The minimum absolute atomic E-state index is 0. The quantitative estimate of drug-likeness (QED) is 0.724. The Labute approximate surface area is 82.7 Å². The Hall–Kier alpha value is 0.250. The summed E-state index contributed by atoms with van der Waals surface area (Å²) in [5.41, 5.74) is 0. The van der Waals surface area contributed by atoms with Gasteiger partial charge in [0.15, 0.2) is 0 Å². The van der Waals surface area contributed by atoms with E-state index < -0.39 is 0 Å². The molecule has 74 valence electrons. The topological polar surface area (TPSA) is 12.0 Å². The fourth-order valence-corrected chi connectivity index (χ4v) is 1.70. The van der Waals surface area contributed by atoms with Crippen LogP contribution in [0, 0.1) is 5.92 Å². The summed E-state index contributed by atoms with van der Waals surface area (Å²) in [7, 11) is 0. The van der Waals surface area contributed by atoms with E-state index in [-0.39, 0.29) is 12.4 Å².